The Kier molecular flexibility index (Phi) is 4.68. The van der Waals surface area contributed by atoms with Gasteiger partial charge in [0.15, 0.2) is 0 Å². The van der Waals surface area contributed by atoms with Crippen LogP contribution in [0, 0.1) is 0 Å². The van der Waals surface area contributed by atoms with Crippen molar-refractivity contribution in [1.82, 2.24) is 4.81 Å². The molecule has 1 saturated carbocycles. The molecule has 2 fully saturated rings. The summed E-state index contributed by atoms with van der Waals surface area (Å²) in [5.74, 6) is 0. The summed E-state index contributed by atoms with van der Waals surface area (Å²) in [6, 6.07) is 0.446. The van der Waals surface area contributed by atoms with Gasteiger partial charge in [0, 0.05) is 6.04 Å². The highest BCUT2D eigenvalue weighted by Crippen LogP contribution is 2.23. The van der Waals surface area contributed by atoms with E-state index in [-0.39, 0.29) is 7.05 Å². The first-order chi connectivity index (χ1) is 7.77. The Balaban J connectivity index is 1.71. The van der Waals surface area contributed by atoms with Crippen molar-refractivity contribution in [3.63, 3.8) is 0 Å². The summed E-state index contributed by atoms with van der Waals surface area (Å²) >= 11 is 0. The Hall–Kier alpha value is -0.0551. The van der Waals surface area contributed by atoms with Gasteiger partial charge in [-0.2, -0.15) is 0 Å². The van der Waals surface area contributed by atoms with Gasteiger partial charge in [-0.15, -0.1) is 0 Å². The van der Waals surface area contributed by atoms with Crippen molar-refractivity contribution in [2.45, 2.75) is 63.9 Å². The van der Waals surface area contributed by atoms with Crippen LogP contribution in [0.2, 0.25) is 6.82 Å². The van der Waals surface area contributed by atoms with E-state index in [1.165, 1.54) is 44.9 Å². The molecule has 0 bridgehead atoms. The second-order valence-corrected chi connectivity index (χ2v) is 5.26. The van der Waals surface area contributed by atoms with Crippen LogP contribution < -0.4 is 0 Å². The molecule has 0 aromatic rings. The lowest BCUT2D eigenvalue weighted by molar-refractivity contribution is 0.00797. The Morgan fingerprint density at radius 2 is 1.94 bits per heavy atom. The number of ether oxygens (including phenoxy) is 1. The third-order valence-electron chi connectivity index (χ3n) is 3.98. The van der Waals surface area contributed by atoms with Gasteiger partial charge in [0.1, 0.15) is 0 Å². The van der Waals surface area contributed by atoms with Gasteiger partial charge in [0.05, 0.1) is 12.7 Å². The fraction of sp³-hybridized carbons (Fsp3) is 1.00. The molecule has 1 aliphatic carbocycles. The third-order valence-corrected chi connectivity index (χ3v) is 3.98. The lowest BCUT2D eigenvalue weighted by Crippen LogP contribution is -2.43. The van der Waals surface area contributed by atoms with Gasteiger partial charge < -0.3 is 14.6 Å². The number of nitrogens with zero attached hydrogens (tertiary/aromatic N) is 1. The first-order valence-electron chi connectivity index (χ1n) is 6.83. The molecule has 92 valence electrons. The van der Waals surface area contributed by atoms with Crippen LogP contribution in [0.5, 0.6) is 0 Å². The van der Waals surface area contributed by atoms with E-state index in [0.717, 1.165) is 13.2 Å². The molecule has 4 heteroatoms. The van der Waals surface area contributed by atoms with Crippen LogP contribution in [0.25, 0.3) is 0 Å². The fourth-order valence-corrected chi connectivity index (χ4v) is 3.01. The maximum Gasteiger partial charge on any atom is 0.376 e. The minimum atomic E-state index is -0.317. The summed E-state index contributed by atoms with van der Waals surface area (Å²) in [4.78, 5) is 2.17. The summed E-state index contributed by atoms with van der Waals surface area (Å²) < 4.78 is 5.99. The minimum absolute atomic E-state index is 0.317. The highest BCUT2D eigenvalue weighted by atomic mass is 16.5. The predicted molar refractivity (Wildman–Crippen MR) is 66.4 cm³/mol. The summed E-state index contributed by atoms with van der Waals surface area (Å²) in [6.45, 7) is 3.70. The van der Waals surface area contributed by atoms with Gasteiger partial charge in [-0.25, -0.2) is 0 Å². The minimum Gasteiger partial charge on any atom is -0.437 e. The molecule has 3 nitrogen and oxygen atoms in total. The lowest BCUT2D eigenvalue weighted by atomic mass is 9.84. The molecule has 16 heavy (non-hydrogen) atoms. The van der Waals surface area contributed by atoms with E-state index in [4.69, 9.17) is 4.74 Å². The molecule has 2 aliphatic rings. The SMILES string of the molecule is CB(O)N1CCCC1COC1CCCCC1. The normalized spacial score (nSPS) is 28.5. The second kappa shape index (κ2) is 6.03. The quantitative estimate of drug-likeness (QED) is 0.742. The molecule has 1 heterocycles. The molecule has 1 atom stereocenters. The van der Waals surface area contributed by atoms with Crippen molar-refractivity contribution in [1.29, 1.82) is 0 Å². The zero-order valence-electron chi connectivity index (χ0n) is 10.4. The Morgan fingerprint density at radius 1 is 1.19 bits per heavy atom. The van der Waals surface area contributed by atoms with Crippen LogP contribution in [0.4, 0.5) is 0 Å². The lowest BCUT2D eigenvalue weighted by Gasteiger charge is -2.28. The van der Waals surface area contributed by atoms with Crippen molar-refractivity contribution >= 4 is 7.05 Å². The van der Waals surface area contributed by atoms with E-state index in [9.17, 15) is 5.02 Å². The van der Waals surface area contributed by atoms with Crippen LogP contribution in [0.1, 0.15) is 44.9 Å². The van der Waals surface area contributed by atoms with E-state index in [2.05, 4.69) is 4.81 Å². The largest absolute Gasteiger partial charge is 0.437 e. The molecule has 1 aliphatic heterocycles. The molecular weight excluding hydrogens is 201 g/mol. The molecular formula is C12H24BNO2. The summed E-state index contributed by atoms with van der Waals surface area (Å²) in [5.41, 5.74) is 0. The second-order valence-electron chi connectivity index (χ2n) is 5.26. The fourth-order valence-electron chi connectivity index (χ4n) is 3.01. The van der Waals surface area contributed by atoms with Crippen molar-refractivity contribution < 1.29 is 9.76 Å². The first-order valence-corrected chi connectivity index (χ1v) is 6.83. The molecule has 0 radical (unpaired) electrons. The number of hydrogen-bond acceptors (Lipinski definition) is 3. The van der Waals surface area contributed by atoms with Gasteiger partial charge in [0.25, 0.3) is 0 Å². The third kappa shape index (κ3) is 3.22. The van der Waals surface area contributed by atoms with Crippen LogP contribution in [0.3, 0.4) is 0 Å². The maximum absolute atomic E-state index is 9.63. The smallest absolute Gasteiger partial charge is 0.376 e. The van der Waals surface area contributed by atoms with Crippen molar-refractivity contribution in [2.24, 2.45) is 0 Å². The Morgan fingerprint density at radius 3 is 2.62 bits per heavy atom. The summed E-state index contributed by atoms with van der Waals surface area (Å²) in [7, 11) is -0.317. The highest BCUT2D eigenvalue weighted by molar-refractivity contribution is 6.45. The zero-order chi connectivity index (χ0) is 11.4. The maximum atomic E-state index is 9.63. The van der Waals surface area contributed by atoms with E-state index in [1.807, 2.05) is 6.82 Å². The van der Waals surface area contributed by atoms with E-state index >= 15 is 0 Å². The van der Waals surface area contributed by atoms with E-state index in [1.54, 1.807) is 0 Å². The van der Waals surface area contributed by atoms with Crippen LogP contribution >= 0.6 is 0 Å². The molecule has 0 aromatic carbocycles. The Labute approximate surface area is 99.3 Å². The van der Waals surface area contributed by atoms with Gasteiger partial charge in [-0.1, -0.05) is 19.3 Å². The van der Waals surface area contributed by atoms with Gasteiger partial charge in [-0.05, 0) is 39.1 Å². The molecule has 0 amide bonds. The van der Waals surface area contributed by atoms with Crippen LogP contribution in [0.15, 0.2) is 0 Å². The van der Waals surface area contributed by atoms with Crippen molar-refractivity contribution in [2.75, 3.05) is 13.2 Å². The zero-order valence-corrected chi connectivity index (χ0v) is 10.4. The molecule has 1 N–H and O–H groups in total. The molecule has 1 unspecified atom stereocenters. The average molecular weight is 225 g/mol. The van der Waals surface area contributed by atoms with Crippen LogP contribution in [-0.2, 0) is 4.74 Å². The average Bonchev–Trinajstić information content (AvgIpc) is 2.76. The molecule has 2 rings (SSSR count). The molecule has 0 spiro atoms. The molecule has 1 saturated heterocycles. The predicted octanol–water partition coefficient (Wildman–Crippen LogP) is 1.91. The summed E-state index contributed by atoms with van der Waals surface area (Å²) in [6.07, 6.45) is 9.38. The van der Waals surface area contributed by atoms with E-state index < -0.39 is 0 Å². The monoisotopic (exact) mass is 225 g/mol. The standard InChI is InChI=1S/C12H24BNO2/c1-13(15)14-9-5-6-11(14)10-16-12-7-3-2-4-8-12/h11-12,15H,2-10H2,1H3. The van der Waals surface area contributed by atoms with Crippen molar-refractivity contribution in [3.8, 4) is 0 Å². The van der Waals surface area contributed by atoms with Crippen molar-refractivity contribution in [3.05, 3.63) is 0 Å². The highest BCUT2D eigenvalue weighted by Gasteiger charge is 2.30. The summed E-state index contributed by atoms with van der Waals surface area (Å²) in [5, 5.41) is 9.63. The topological polar surface area (TPSA) is 32.7 Å². The molecule has 0 aromatic heterocycles. The van der Waals surface area contributed by atoms with Crippen LogP contribution in [-0.4, -0.2) is 42.2 Å². The number of hydrogen-bond donors (Lipinski definition) is 1. The number of rotatable bonds is 4. The van der Waals surface area contributed by atoms with Gasteiger partial charge in [0.2, 0.25) is 0 Å². The van der Waals surface area contributed by atoms with E-state index in [0.29, 0.717) is 12.1 Å². The first kappa shape index (κ1) is 12.4. The van der Waals surface area contributed by atoms with Gasteiger partial charge in [-0.3, -0.25) is 0 Å². The Bertz CT molecular complexity index is 207. The van der Waals surface area contributed by atoms with Gasteiger partial charge >= 0.3 is 7.05 Å².